The largest absolute Gasteiger partial charge is 0.417 e. The van der Waals surface area contributed by atoms with Crippen LogP contribution in [0.1, 0.15) is 55.7 Å². The van der Waals surface area contributed by atoms with Crippen LogP contribution in [0.15, 0.2) is 42.7 Å². The lowest BCUT2D eigenvalue weighted by atomic mass is 9.83. The maximum absolute atomic E-state index is 13.0. The number of amides is 1. The normalized spacial score (nSPS) is 19.8. The van der Waals surface area contributed by atoms with Crippen LogP contribution in [-0.4, -0.2) is 30.0 Å². The molecule has 1 unspecified atom stereocenters. The van der Waals surface area contributed by atoms with Gasteiger partial charge >= 0.3 is 6.18 Å². The molecule has 2 aromatic rings. The molecule has 1 aliphatic carbocycles. The number of rotatable bonds is 5. The van der Waals surface area contributed by atoms with Crippen molar-refractivity contribution >= 4 is 11.6 Å². The van der Waals surface area contributed by atoms with E-state index < -0.39 is 17.2 Å². The van der Waals surface area contributed by atoms with Crippen molar-refractivity contribution in [2.24, 2.45) is 0 Å². The van der Waals surface area contributed by atoms with E-state index in [4.69, 9.17) is 0 Å². The maximum Gasteiger partial charge on any atom is 0.417 e. The molecule has 1 saturated carbocycles. The monoisotopic (exact) mass is 417 g/mol. The van der Waals surface area contributed by atoms with E-state index in [2.05, 4.69) is 22.4 Å². The Hall–Kier alpha value is -2.57. The Bertz CT molecular complexity index is 920. The van der Waals surface area contributed by atoms with Crippen molar-refractivity contribution < 1.29 is 18.0 Å². The van der Waals surface area contributed by atoms with E-state index in [9.17, 15) is 18.0 Å². The van der Waals surface area contributed by atoms with E-state index in [0.29, 0.717) is 31.1 Å². The van der Waals surface area contributed by atoms with Gasteiger partial charge in [0, 0.05) is 25.3 Å². The van der Waals surface area contributed by atoms with Gasteiger partial charge in [-0.2, -0.15) is 13.2 Å². The smallest absolute Gasteiger partial charge is 0.368 e. The second kappa shape index (κ2) is 7.60. The van der Waals surface area contributed by atoms with Gasteiger partial charge in [-0.15, -0.1) is 0 Å². The number of hydrogen-bond donors (Lipinski definition) is 1. The first kappa shape index (κ1) is 20.7. The highest BCUT2D eigenvalue weighted by Crippen LogP contribution is 2.40. The second-order valence-corrected chi connectivity index (χ2v) is 8.86. The topological polar surface area (TPSA) is 45.2 Å². The average molecular weight is 417 g/mol. The summed E-state index contributed by atoms with van der Waals surface area (Å²) in [6.07, 6.45) is 1.00. The van der Waals surface area contributed by atoms with Crippen molar-refractivity contribution in [1.82, 2.24) is 10.3 Å². The van der Waals surface area contributed by atoms with E-state index in [0.717, 1.165) is 17.8 Å². The third kappa shape index (κ3) is 4.30. The summed E-state index contributed by atoms with van der Waals surface area (Å²) in [6, 6.07) is 9.28. The average Bonchev–Trinajstić information content (AvgIpc) is 3.46. The van der Waals surface area contributed by atoms with Crippen LogP contribution < -0.4 is 10.2 Å². The van der Waals surface area contributed by atoms with Gasteiger partial charge in [0.05, 0.1) is 22.9 Å². The molecule has 1 aliphatic heterocycles. The quantitative estimate of drug-likeness (QED) is 0.770. The minimum Gasteiger partial charge on any atom is -0.368 e. The van der Waals surface area contributed by atoms with E-state index in [1.165, 1.54) is 24.6 Å². The van der Waals surface area contributed by atoms with E-state index in [1.807, 2.05) is 30.9 Å². The van der Waals surface area contributed by atoms with Crippen molar-refractivity contribution in [2.45, 2.75) is 56.7 Å². The molecule has 4 nitrogen and oxygen atoms in total. The molecular formula is C23H26F3N3O. The summed E-state index contributed by atoms with van der Waals surface area (Å²) in [5.74, 6) is 0.599. The van der Waals surface area contributed by atoms with Crippen LogP contribution in [0.3, 0.4) is 0 Å². The predicted octanol–water partition coefficient (Wildman–Crippen LogP) is 4.65. The molecule has 160 valence electrons. The first-order valence-corrected chi connectivity index (χ1v) is 10.3. The van der Waals surface area contributed by atoms with Gasteiger partial charge in [-0.1, -0.05) is 24.3 Å². The van der Waals surface area contributed by atoms with Crippen molar-refractivity contribution in [1.29, 1.82) is 0 Å². The van der Waals surface area contributed by atoms with Gasteiger partial charge in [0.15, 0.2) is 0 Å². The first-order valence-electron chi connectivity index (χ1n) is 10.3. The molecular weight excluding hydrogens is 391 g/mol. The summed E-state index contributed by atoms with van der Waals surface area (Å²) in [5.41, 5.74) is 1.27. The standard InChI is InChI=1S/C23H26F3N3O/c1-22(2,17-7-5-16(6-8-17)15-3-4-15)21(30)28-19-9-10-29(14-19)20-11-18(12-27-13-20)23(24,25)26/h5-8,11-13,15,19H,3-4,9-10,14H2,1-2H3,(H,28,30). The van der Waals surface area contributed by atoms with Crippen molar-refractivity contribution in [3.8, 4) is 0 Å². The van der Waals surface area contributed by atoms with Gasteiger partial charge in [-0.25, -0.2) is 0 Å². The van der Waals surface area contributed by atoms with Crippen molar-refractivity contribution in [3.63, 3.8) is 0 Å². The Morgan fingerprint density at radius 1 is 1.07 bits per heavy atom. The molecule has 2 aliphatic rings. The van der Waals surface area contributed by atoms with Crippen LogP contribution in [0.2, 0.25) is 0 Å². The summed E-state index contributed by atoms with van der Waals surface area (Å²) >= 11 is 0. The minimum atomic E-state index is -4.42. The zero-order valence-electron chi connectivity index (χ0n) is 17.2. The van der Waals surface area contributed by atoms with Gasteiger partial charge in [-0.3, -0.25) is 9.78 Å². The lowest BCUT2D eigenvalue weighted by Crippen LogP contribution is -2.46. The molecule has 1 aromatic carbocycles. The number of nitrogens with zero attached hydrogens (tertiary/aromatic N) is 2. The zero-order chi connectivity index (χ0) is 21.5. The van der Waals surface area contributed by atoms with Gasteiger partial charge in [0.1, 0.15) is 0 Å². The van der Waals surface area contributed by atoms with Crippen LogP contribution >= 0.6 is 0 Å². The number of benzene rings is 1. The fourth-order valence-corrected chi connectivity index (χ4v) is 3.95. The highest BCUT2D eigenvalue weighted by Gasteiger charge is 2.35. The summed E-state index contributed by atoms with van der Waals surface area (Å²) < 4.78 is 38.9. The number of hydrogen-bond acceptors (Lipinski definition) is 3. The molecule has 1 N–H and O–H groups in total. The van der Waals surface area contributed by atoms with Crippen molar-refractivity contribution in [3.05, 3.63) is 59.4 Å². The van der Waals surface area contributed by atoms with Gasteiger partial charge in [-0.05, 0) is 56.2 Å². The highest BCUT2D eigenvalue weighted by atomic mass is 19.4. The van der Waals surface area contributed by atoms with Crippen LogP contribution in [0.25, 0.3) is 0 Å². The lowest BCUT2D eigenvalue weighted by Gasteiger charge is -2.27. The molecule has 0 spiro atoms. The third-order valence-corrected chi connectivity index (χ3v) is 6.19. The fourth-order valence-electron chi connectivity index (χ4n) is 3.95. The Morgan fingerprint density at radius 2 is 1.77 bits per heavy atom. The highest BCUT2D eigenvalue weighted by molar-refractivity contribution is 5.87. The SMILES string of the molecule is CC(C)(C(=O)NC1CCN(c2cncc(C(F)(F)F)c2)C1)c1ccc(C2CC2)cc1. The van der Waals surface area contributed by atoms with Gasteiger partial charge in [0.2, 0.25) is 5.91 Å². The predicted molar refractivity (Wildman–Crippen MR) is 109 cm³/mol. The molecule has 30 heavy (non-hydrogen) atoms. The van der Waals surface area contributed by atoms with Crippen LogP contribution in [0.5, 0.6) is 0 Å². The maximum atomic E-state index is 13.0. The van der Waals surface area contributed by atoms with Gasteiger partial charge < -0.3 is 10.2 Å². The number of halogens is 3. The molecule has 0 bridgehead atoms. The second-order valence-electron chi connectivity index (χ2n) is 8.86. The lowest BCUT2D eigenvalue weighted by molar-refractivity contribution is -0.137. The molecule has 2 fully saturated rings. The number of carbonyl (C=O) groups excluding carboxylic acids is 1. The van der Waals surface area contributed by atoms with E-state index in [1.54, 1.807) is 0 Å². The number of anilines is 1. The molecule has 1 saturated heterocycles. The summed E-state index contributed by atoms with van der Waals surface area (Å²) in [6.45, 7) is 4.84. The molecule has 1 aromatic heterocycles. The fraction of sp³-hybridized carbons (Fsp3) is 0.478. The Morgan fingerprint density at radius 3 is 2.40 bits per heavy atom. The van der Waals surface area contributed by atoms with Gasteiger partial charge in [0.25, 0.3) is 0 Å². The molecule has 4 rings (SSSR count). The van der Waals surface area contributed by atoms with Crippen LogP contribution in [-0.2, 0) is 16.4 Å². The Labute approximate surface area is 174 Å². The van der Waals surface area contributed by atoms with Crippen LogP contribution in [0, 0.1) is 0 Å². The molecule has 0 radical (unpaired) electrons. The minimum absolute atomic E-state index is 0.0734. The Balaban J connectivity index is 1.39. The number of nitrogens with one attached hydrogen (secondary N) is 1. The van der Waals surface area contributed by atoms with E-state index >= 15 is 0 Å². The molecule has 1 atom stereocenters. The number of aromatic nitrogens is 1. The molecule has 1 amide bonds. The molecule has 2 heterocycles. The Kier molecular flexibility index (Phi) is 5.24. The van der Waals surface area contributed by atoms with Crippen molar-refractivity contribution in [2.75, 3.05) is 18.0 Å². The number of carbonyl (C=O) groups is 1. The third-order valence-electron chi connectivity index (χ3n) is 6.19. The summed E-state index contributed by atoms with van der Waals surface area (Å²) in [5, 5.41) is 3.09. The van der Waals surface area contributed by atoms with Crippen LogP contribution in [0.4, 0.5) is 18.9 Å². The zero-order valence-corrected chi connectivity index (χ0v) is 17.2. The first-order chi connectivity index (χ1) is 14.1. The number of pyridine rings is 1. The molecule has 7 heteroatoms. The number of alkyl halides is 3. The van der Waals surface area contributed by atoms with E-state index in [-0.39, 0.29) is 11.9 Å². The summed E-state index contributed by atoms with van der Waals surface area (Å²) in [4.78, 5) is 18.6. The summed E-state index contributed by atoms with van der Waals surface area (Å²) in [7, 11) is 0.